The smallest absolute Gasteiger partial charge is 0.335 e. The highest BCUT2D eigenvalue weighted by Gasteiger charge is 2.24. The lowest BCUT2D eigenvalue weighted by atomic mass is 10.0. The lowest BCUT2D eigenvalue weighted by Crippen LogP contribution is -2.44. The van der Waals surface area contributed by atoms with Crippen LogP contribution in [0.25, 0.3) is 0 Å². The van der Waals surface area contributed by atoms with Crippen molar-refractivity contribution in [2.75, 3.05) is 0 Å². The monoisotopic (exact) mass is 239 g/mol. The molecule has 1 rings (SSSR count). The SMILES string of the molecule is CC(C)(CC(=O)O)NC(=O)c1ccc(=O)oc1. The fourth-order valence-corrected chi connectivity index (χ4v) is 1.29. The van der Waals surface area contributed by atoms with Crippen LogP contribution in [0.2, 0.25) is 0 Å². The normalized spacial score (nSPS) is 10.9. The molecule has 6 nitrogen and oxygen atoms in total. The summed E-state index contributed by atoms with van der Waals surface area (Å²) in [7, 11) is 0. The average Bonchev–Trinajstić information content (AvgIpc) is 2.15. The summed E-state index contributed by atoms with van der Waals surface area (Å²) in [5.41, 5.74) is -1.26. The number of carboxylic acid groups (broad SMARTS) is 1. The quantitative estimate of drug-likeness (QED) is 0.802. The first-order chi connectivity index (χ1) is 7.80. The van der Waals surface area contributed by atoms with E-state index in [4.69, 9.17) is 5.11 Å². The Balaban J connectivity index is 2.75. The first kappa shape index (κ1) is 13.0. The molecule has 0 fully saturated rings. The third-order valence-electron chi connectivity index (χ3n) is 2.01. The number of amides is 1. The molecule has 0 aliphatic carbocycles. The number of aliphatic carboxylic acids is 1. The molecule has 0 unspecified atom stereocenters. The second kappa shape index (κ2) is 4.82. The Labute approximate surface area is 97.3 Å². The summed E-state index contributed by atoms with van der Waals surface area (Å²) >= 11 is 0. The zero-order valence-corrected chi connectivity index (χ0v) is 9.52. The molecule has 0 aromatic carbocycles. The van der Waals surface area contributed by atoms with Gasteiger partial charge in [0.25, 0.3) is 5.91 Å². The summed E-state index contributed by atoms with van der Waals surface area (Å²) in [6.45, 7) is 3.19. The van der Waals surface area contributed by atoms with Gasteiger partial charge < -0.3 is 14.8 Å². The first-order valence-corrected chi connectivity index (χ1v) is 4.93. The summed E-state index contributed by atoms with van der Waals surface area (Å²) in [5.74, 6) is -1.49. The molecule has 92 valence electrons. The number of carbonyl (C=O) groups is 2. The van der Waals surface area contributed by atoms with E-state index in [2.05, 4.69) is 9.73 Å². The molecule has 1 heterocycles. The van der Waals surface area contributed by atoms with Crippen molar-refractivity contribution >= 4 is 11.9 Å². The fourth-order valence-electron chi connectivity index (χ4n) is 1.29. The minimum Gasteiger partial charge on any atom is -0.481 e. The maximum atomic E-state index is 11.7. The maximum Gasteiger partial charge on any atom is 0.335 e. The zero-order chi connectivity index (χ0) is 13.1. The molecule has 0 saturated heterocycles. The van der Waals surface area contributed by atoms with Gasteiger partial charge in [-0.3, -0.25) is 9.59 Å². The molecule has 0 spiro atoms. The largest absolute Gasteiger partial charge is 0.481 e. The van der Waals surface area contributed by atoms with Gasteiger partial charge in [0, 0.05) is 11.6 Å². The van der Waals surface area contributed by atoms with Gasteiger partial charge in [-0.2, -0.15) is 0 Å². The van der Waals surface area contributed by atoms with Gasteiger partial charge in [-0.25, -0.2) is 4.79 Å². The third-order valence-corrected chi connectivity index (χ3v) is 2.01. The Morgan fingerprint density at radius 3 is 2.53 bits per heavy atom. The number of rotatable bonds is 4. The van der Waals surface area contributed by atoms with E-state index in [0.717, 1.165) is 12.3 Å². The predicted octanol–water partition coefficient (Wildman–Crippen LogP) is 0.623. The van der Waals surface area contributed by atoms with Gasteiger partial charge in [-0.15, -0.1) is 0 Å². The summed E-state index contributed by atoms with van der Waals surface area (Å²) in [4.78, 5) is 33.0. The van der Waals surface area contributed by atoms with E-state index in [1.54, 1.807) is 13.8 Å². The molecule has 6 heteroatoms. The van der Waals surface area contributed by atoms with E-state index in [-0.39, 0.29) is 12.0 Å². The number of hydrogen-bond donors (Lipinski definition) is 2. The fraction of sp³-hybridized carbons (Fsp3) is 0.364. The number of carboxylic acids is 1. The van der Waals surface area contributed by atoms with E-state index < -0.39 is 23.0 Å². The van der Waals surface area contributed by atoms with Crippen LogP contribution in [0, 0.1) is 0 Å². The highest BCUT2D eigenvalue weighted by molar-refractivity contribution is 5.94. The molecule has 0 atom stereocenters. The Morgan fingerprint density at radius 2 is 2.06 bits per heavy atom. The van der Waals surface area contributed by atoms with Crippen molar-refractivity contribution in [3.8, 4) is 0 Å². The number of hydrogen-bond acceptors (Lipinski definition) is 4. The molecule has 1 aromatic rings. The van der Waals surface area contributed by atoms with Gasteiger partial charge in [0.1, 0.15) is 6.26 Å². The molecule has 0 bridgehead atoms. The number of carbonyl (C=O) groups excluding carboxylic acids is 1. The lowest BCUT2D eigenvalue weighted by molar-refractivity contribution is -0.138. The molecule has 0 aliphatic heterocycles. The molecule has 1 amide bonds. The van der Waals surface area contributed by atoms with Crippen molar-refractivity contribution in [3.05, 3.63) is 34.4 Å². The Morgan fingerprint density at radius 1 is 1.41 bits per heavy atom. The summed E-state index contributed by atoms with van der Waals surface area (Å²) in [6.07, 6.45) is 0.837. The Kier molecular flexibility index (Phi) is 3.67. The second-order valence-corrected chi connectivity index (χ2v) is 4.25. The van der Waals surface area contributed by atoms with Crippen LogP contribution in [0.4, 0.5) is 0 Å². The standard InChI is InChI=1S/C11H13NO5/c1-11(2,5-8(13)14)12-10(16)7-3-4-9(15)17-6-7/h3-4,6H,5H2,1-2H3,(H,12,16)(H,13,14). The molecule has 0 aliphatic rings. The molecule has 2 N–H and O–H groups in total. The van der Waals surface area contributed by atoms with Gasteiger partial charge in [0.2, 0.25) is 0 Å². The molecular weight excluding hydrogens is 226 g/mol. The molecule has 0 radical (unpaired) electrons. The summed E-state index contributed by atoms with van der Waals surface area (Å²) < 4.78 is 4.54. The predicted molar refractivity (Wildman–Crippen MR) is 58.8 cm³/mol. The van der Waals surface area contributed by atoms with Gasteiger partial charge in [0.05, 0.1) is 12.0 Å². The van der Waals surface area contributed by atoms with Crippen LogP contribution in [0.5, 0.6) is 0 Å². The van der Waals surface area contributed by atoms with E-state index in [1.807, 2.05) is 0 Å². The Hall–Kier alpha value is -2.11. The van der Waals surface area contributed by atoms with Crippen molar-refractivity contribution in [1.82, 2.24) is 5.32 Å². The van der Waals surface area contributed by atoms with Crippen molar-refractivity contribution in [3.63, 3.8) is 0 Å². The molecule has 17 heavy (non-hydrogen) atoms. The second-order valence-electron chi connectivity index (χ2n) is 4.25. The van der Waals surface area contributed by atoms with Crippen LogP contribution < -0.4 is 10.9 Å². The van der Waals surface area contributed by atoms with Crippen LogP contribution in [-0.2, 0) is 4.79 Å². The van der Waals surface area contributed by atoms with E-state index >= 15 is 0 Å². The minimum atomic E-state index is -1.00. The minimum absolute atomic E-state index is 0.170. The average molecular weight is 239 g/mol. The highest BCUT2D eigenvalue weighted by Crippen LogP contribution is 2.09. The maximum absolute atomic E-state index is 11.7. The van der Waals surface area contributed by atoms with E-state index in [1.165, 1.54) is 6.07 Å². The van der Waals surface area contributed by atoms with Crippen molar-refractivity contribution < 1.29 is 19.1 Å². The Bertz CT molecular complexity index is 468. The topological polar surface area (TPSA) is 96.6 Å². The van der Waals surface area contributed by atoms with Crippen LogP contribution in [-0.4, -0.2) is 22.5 Å². The van der Waals surface area contributed by atoms with E-state index in [9.17, 15) is 14.4 Å². The number of nitrogens with one attached hydrogen (secondary N) is 1. The molecule has 0 saturated carbocycles. The van der Waals surface area contributed by atoms with Gasteiger partial charge in [-0.1, -0.05) is 0 Å². The van der Waals surface area contributed by atoms with Crippen LogP contribution in [0.15, 0.2) is 27.6 Å². The van der Waals surface area contributed by atoms with Crippen molar-refractivity contribution in [2.24, 2.45) is 0 Å². The first-order valence-electron chi connectivity index (χ1n) is 4.93. The van der Waals surface area contributed by atoms with Crippen molar-refractivity contribution in [2.45, 2.75) is 25.8 Å². The molecular formula is C11H13NO5. The highest BCUT2D eigenvalue weighted by atomic mass is 16.4. The lowest BCUT2D eigenvalue weighted by Gasteiger charge is -2.23. The van der Waals surface area contributed by atoms with Gasteiger partial charge >= 0.3 is 11.6 Å². The zero-order valence-electron chi connectivity index (χ0n) is 9.52. The van der Waals surface area contributed by atoms with Gasteiger partial charge in [0.15, 0.2) is 0 Å². The van der Waals surface area contributed by atoms with Crippen molar-refractivity contribution in [1.29, 1.82) is 0 Å². The summed E-state index contributed by atoms with van der Waals surface area (Å²) in [6, 6.07) is 2.44. The van der Waals surface area contributed by atoms with Crippen LogP contribution in [0.1, 0.15) is 30.6 Å². The van der Waals surface area contributed by atoms with Crippen LogP contribution in [0.3, 0.4) is 0 Å². The van der Waals surface area contributed by atoms with E-state index in [0.29, 0.717) is 0 Å². The third kappa shape index (κ3) is 4.10. The van der Waals surface area contributed by atoms with Gasteiger partial charge in [-0.05, 0) is 19.9 Å². The summed E-state index contributed by atoms with van der Waals surface area (Å²) in [5, 5.41) is 11.2. The van der Waals surface area contributed by atoms with Crippen LogP contribution >= 0.6 is 0 Å². The molecule has 1 aromatic heterocycles.